The number of benzene rings is 8. The van der Waals surface area contributed by atoms with Crippen molar-refractivity contribution < 1.29 is 0 Å². The zero-order valence-corrected chi connectivity index (χ0v) is 36.1. The number of fused-ring (bicyclic) bond motifs is 14. The van der Waals surface area contributed by atoms with Gasteiger partial charge in [-0.15, -0.1) is 0 Å². The molecule has 8 aromatic rings. The van der Waals surface area contributed by atoms with Crippen molar-refractivity contribution in [3.63, 3.8) is 0 Å². The van der Waals surface area contributed by atoms with Crippen LogP contribution in [0.3, 0.4) is 0 Å². The van der Waals surface area contributed by atoms with Crippen LogP contribution in [0, 0.1) is 0 Å². The molecule has 4 aliphatic carbocycles. The fraction of sp³-hybridized carbons (Fsp3) is 0.200. The molecule has 0 saturated heterocycles. The molecular weight excluding hydrogens is 735 g/mol. The number of nitrogens with zero attached hydrogens (tertiary/aromatic N) is 1. The van der Waals surface area contributed by atoms with E-state index in [1.807, 2.05) is 0 Å². The molecule has 0 bridgehead atoms. The molecule has 1 spiro atoms. The van der Waals surface area contributed by atoms with Gasteiger partial charge in [0.15, 0.2) is 0 Å². The maximum absolute atomic E-state index is 2.61. The van der Waals surface area contributed by atoms with Crippen molar-refractivity contribution in [2.75, 3.05) is 4.90 Å². The van der Waals surface area contributed by atoms with Gasteiger partial charge in [-0.3, -0.25) is 0 Å². The van der Waals surface area contributed by atoms with Gasteiger partial charge in [-0.1, -0.05) is 187 Å². The van der Waals surface area contributed by atoms with Crippen LogP contribution in [0.15, 0.2) is 176 Å². The summed E-state index contributed by atoms with van der Waals surface area (Å²) in [6, 6.07) is 66.9. The van der Waals surface area contributed by atoms with Gasteiger partial charge in [-0.2, -0.15) is 0 Å². The molecule has 1 heteroatoms. The van der Waals surface area contributed by atoms with Crippen molar-refractivity contribution in [3.05, 3.63) is 220 Å². The third kappa shape index (κ3) is 4.78. The highest BCUT2D eigenvalue weighted by molar-refractivity contribution is 6.04. The Balaban J connectivity index is 1.13. The first kappa shape index (κ1) is 36.4. The molecule has 0 atom stereocenters. The lowest BCUT2D eigenvalue weighted by Crippen LogP contribution is -2.34. The van der Waals surface area contributed by atoms with Crippen LogP contribution in [0.5, 0.6) is 0 Å². The van der Waals surface area contributed by atoms with E-state index in [9.17, 15) is 0 Å². The minimum atomic E-state index is -0.423. The van der Waals surface area contributed by atoms with E-state index in [2.05, 4.69) is 222 Å². The predicted molar refractivity (Wildman–Crippen MR) is 256 cm³/mol. The smallest absolute Gasteiger partial charge is 0.0726 e. The van der Waals surface area contributed by atoms with E-state index in [4.69, 9.17) is 0 Å². The van der Waals surface area contributed by atoms with Gasteiger partial charge in [-0.25, -0.2) is 0 Å². The van der Waals surface area contributed by atoms with E-state index in [1.165, 1.54) is 113 Å². The third-order valence-electron chi connectivity index (χ3n) is 15.4. The summed E-state index contributed by atoms with van der Waals surface area (Å²) < 4.78 is 0. The van der Waals surface area contributed by atoms with Gasteiger partial charge in [0.2, 0.25) is 0 Å². The van der Waals surface area contributed by atoms with E-state index in [1.54, 1.807) is 0 Å². The third-order valence-corrected chi connectivity index (χ3v) is 15.4. The van der Waals surface area contributed by atoms with Gasteiger partial charge in [-0.05, 0) is 132 Å². The van der Waals surface area contributed by atoms with Crippen LogP contribution in [0.1, 0.15) is 98.9 Å². The van der Waals surface area contributed by atoms with Crippen molar-refractivity contribution in [1.29, 1.82) is 0 Å². The fourth-order valence-corrected chi connectivity index (χ4v) is 12.3. The summed E-state index contributed by atoms with van der Waals surface area (Å²) in [7, 11) is 0. The number of para-hydroxylation sites is 2. The molecule has 8 aromatic carbocycles. The minimum Gasteiger partial charge on any atom is -0.309 e. The van der Waals surface area contributed by atoms with Crippen molar-refractivity contribution in [2.45, 2.75) is 76.0 Å². The normalized spacial score (nSPS) is 17.1. The lowest BCUT2D eigenvalue weighted by Gasteiger charge is -2.42. The lowest BCUT2D eigenvalue weighted by molar-refractivity contribution is 0.331. The van der Waals surface area contributed by atoms with E-state index in [-0.39, 0.29) is 16.2 Å². The van der Waals surface area contributed by atoms with Crippen LogP contribution in [0.4, 0.5) is 17.1 Å². The second-order valence-electron chi connectivity index (χ2n) is 19.8. The van der Waals surface area contributed by atoms with Crippen molar-refractivity contribution >= 4 is 17.1 Å². The van der Waals surface area contributed by atoms with E-state index in [0.29, 0.717) is 0 Å². The Hall–Kier alpha value is -6.44. The molecule has 61 heavy (non-hydrogen) atoms. The first-order chi connectivity index (χ1) is 29.5. The monoisotopic (exact) mass is 785 g/mol. The van der Waals surface area contributed by atoms with E-state index < -0.39 is 5.41 Å². The van der Waals surface area contributed by atoms with Crippen LogP contribution in [0.25, 0.3) is 44.5 Å². The number of anilines is 3. The number of hydrogen-bond acceptors (Lipinski definition) is 1. The topological polar surface area (TPSA) is 3.24 Å². The summed E-state index contributed by atoms with van der Waals surface area (Å²) in [4.78, 5) is 2.55. The maximum atomic E-state index is 2.61. The molecule has 0 aliphatic heterocycles. The molecule has 296 valence electrons. The summed E-state index contributed by atoms with van der Waals surface area (Å²) in [6.45, 7) is 14.7. The second-order valence-corrected chi connectivity index (χ2v) is 19.8. The summed E-state index contributed by atoms with van der Waals surface area (Å²) in [5, 5.41) is 0. The van der Waals surface area contributed by atoms with Crippen LogP contribution >= 0.6 is 0 Å². The highest BCUT2D eigenvalue weighted by atomic mass is 15.1. The Morgan fingerprint density at radius 3 is 1.48 bits per heavy atom. The first-order valence-electron chi connectivity index (χ1n) is 22.2. The minimum absolute atomic E-state index is 0.116. The van der Waals surface area contributed by atoms with Gasteiger partial charge in [0, 0.05) is 22.2 Å². The van der Waals surface area contributed by atoms with Gasteiger partial charge in [0.1, 0.15) is 0 Å². The standard InChI is InChI=1S/C60H51N/c1-57(2)34-35-58(3,4)52-37-50-44(36-51(52)57)55-42(26-18-30-48(55)59(50,5)6)41-24-13-17-32-53(41)61(38-20-8-7-9-21-38)54-33-19-31-49-56(54)43-25-12-16-29-47(43)60(49)45-27-14-10-22-39(45)40-23-11-15-28-46(40)60/h7-33,36-37H,34-35H2,1-6H3. The number of hydrogen-bond donors (Lipinski definition) is 0. The Labute approximate surface area is 361 Å². The van der Waals surface area contributed by atoms with Gasteiger partial charge < -0.3 is 4.90 Å². The summed E-state index contributed by atoms with van der Waals surface area (Å²) in [5.74, 6) is 0. The summed E-state index contributed by atoms with van der Waals surface area (Å²) in [5.41, 5.74) is 25.1. The van der Waals surface area contributed by atoms with Crippen molar-refractivity contribution in [1.82, 2.24) is 0 Å². The number of rotatable bonds is 4. The van der Waals surface area contributed by atoms with Crippen molar-refractivity contribution in [2.24, 2.45) is 0 Å². The van der Waals surface area contributed by atoms with Crippen LogP contribution in [-0.2, 0) is 21.7 Å². The molecule has 0 amide bonds. The lowest BCUT2D eigenvalue weighted by atomic mass is 9.62. The van der Waals surface area contributed by atoms with Crippen LogP contribution in [-0.4, -0.2) is 0 Å². The molecule has 0 aromatic heterocycles. The molecule has 0 N–H and O–H groups in total. The quantitative estimate of drug-likeness (QED) is 0.172. The molecule has 0 fully saturated rings. The summed E-state index contributed by atoms with van der Waals surface area (Å²) in [6.07, 6.45) is 2.41. The highest BCUT2D eigenvalue weighted by Crippen LogP contribution is 2.65. The van der Waals surface area contributed by atoms with Crippen LogP contribution in [0.2, 0.25) is 0 Å². The average Bonchev–Trinajstić information content (AvgIpc) is 3.84. The Kier molecular flexibility index (Phi) is 7.49. The molecular formula is C60H51N. The predicted octanol–water partition coefficient (Wildman–Crippen LogP) is 15.8. The Morgan fingerprint density at radius 1 is 0.328 bits per heavy atom. The zero-order chi connectivity index (χ0) is 41.5. The zero-order valence-electron chi connectivity index (χ0n) is 36.1. The molecule has 0 unspecified atom stereocenters. The highest BCUT2D eigenvalue weighted by Gasteiger charge is 2.52. The molecule has 0 radical (unpaired) electrons. The van der Waals surface area contributed by atoms with Gasteiger partial charge >= 0.3 is 0 Å². The molecule has 0 heterocycles. The summed E-state index contributed by atoms with van der Waals surface area (Å²) >= 11 is 0. The molecule has 1 nitrogen and oxygen atoms in total. The SMILES string of the molecule is CC1(C)CCC(C)(C)c2cc3c(cc21)-c1c(-c2ccccc2N(c2ccccc2)c2cccc4c2-c2ccccc2C42c4ccccc4-c4ccccc42)cccc1C3(C)C. The molecule has 12 rings (SSSR count). The van der Waals surface area contributed by atoms with Crippen molar-refractivity contribution in [3.8, 4) is 44.5 Å². The second kappa shape index (κ2) is 12.6. The largest absolute Gasteiger partial charge is 0.309 e. The Bertz CT molecular complexity index is 3080. The average molecular weight is 786 g/mol. The van der Waals surface area contributed by atoms with E-state index >= 15 is 0 Å². The fourth-order valence-electron chi connectivity index (χ4n) is 12.3. The maximum Gasteiger partial charge on any atom is 0.0726 e. The van der Waals surface area contributed by atoms with Gasteiger partial charge in [0.05, 0.1) is 16.8 Å². The Morgan fingerprint density at radius 2 is 0.803 bits per heavy atom. The van der Waals surface area contributed by atoms with E-state index in [0.717, 1.165) is 5.69 Å². The molecule has 4 aliphatic rings. The van der Waals surface area contributed by atoms with Gasteiger partial charge in [0.25, 0.3) is 0 Å². The molecule has 0 saturated carbocycles. The van der Waals surface area contributed by atoms with Crippen LogP contribution < -0.4 is 4.90 Å². The first-order valence-corrected chi connectivity index (χ1v) is 22.2.